The fourth-order valence-electron chi connectivity index (χ4n) is 5.85. The molecule has 4 aliphatic rings. The Bertz CT molecular complexity index is 481. The maximum atomic E-state index is 13.6. The van der Waals surface area contributed by atoms with Crippen molar-refractivity contribution in [3.63, 3.8) is 0 Å². The lowest BCUT2D eigenvalue weighted by atomic mass is 9.64. The Morgan fingerprint density at radius 3 is 2.50 bits per heavy atom. The maximum absolute atomic E-state index is 13.6. The highest BCUT2D eigenvalue weighted by Crippen LogP contribution is 2.51. The Morgan fingerprint density at radius 2 is 1.96 bits per heavy atom. The van der Waals surface area contributed by atoms with Crippen molar-refractivity contribution in [2.24, 2.45) is 11.3 Å². The molecular formula is C18H30FN3O2. The van der Waals surface area contributed by atoms with Crippen molar-refractivity contribution in [1.82, 2.24) is 15.1 Å². The van der Waals surface area contributed by atoms with E-state index in [1.165, 1.54) is 0 Å². The largest absolute Gasteiger partial charge is 0.465 e. The second-order valence-electron chi connectivity index (χ2n) is 8.65. The summed E-state index contributed by atoms with van der Waals surface area (Å²) in [4.78, 5) is 15.3. The summed E-state index contributed by atoms with van der Waals surface area (Å²) in [6, 6.07) is 0.623. The molecule has 3 aliphatic heterocycles. The molecule has 0 radical (unpaired) electrons. The lowest BCUT2D eigenvalue weighted by molar-refractivity contribution is -0.0185. The zero-order valence-corrected chi connectivity index (χ0v) is 14.5. The molecule has 1 saturated carbocycles. The van der Waals surface area contributed by atoms with E-state index in [9.17, 15) is 9.18 Å². The van der Waals surface area contributed by atoms with Gasteiger partial charge in [-0.3, -0.25) is 0 Å². The van der Waals surface area contributed by atoms with E-state index in [0.717, 1.165) is 71.1 Å². The monoisotopic (exact) mass is 339 g/mol. The average molecular weight is 339 g/mol. The van der Waals surface area contributed by atoms with Crippen molar-refractivity contribution in [1.29, 1.82) is 0 Å². The summed E-state index contributed by atoms with van der Waals surface area (Å²) >= 11 is 0. The third-order valence-corrected chi connectivity index (χ3v) is 7.39. The van der Waals surface area contributed by atoms with E-state index in [-0.39, 0.29) is 17.6 Å². The Kier molecular flexibility index (Phi) is 4.23. The molecule has 3 heterocycles. The molecular weight excluding hydrogens is 309 g/mol. The number of likely N-dealkylation sites (tertiary alicyclic amines) is 2. The van der Waals surface area contributed by atoms with E-state index in [0.29, 0.717) is 18.5 Å². The predicted octanol–water partition coefficient (Wildman–Crippen LogP) is 2.32. The lowest BCUT2D eigenvalue weighted by Crippen LogP contribution is -2.57. The molecule has 3 saturated heterocycles. The van der Waals surface area contributed by atoms with Crippen LogP contribution in [-0.2, 0) is 0 Å². The predicted molar refractivity (Wildman–Crippen MR) is 89.9 cm³/mol. The van der Waals surface area contributed by atoms with Crippen LogP contribution in [0, 0.1) is 11.3 Å². The van der Waals surface area contributed by atoms with Crippen molar-refractivity contribution in [2.45, 2.75) is 56.5 Å². The molecule has 0 aromatic carbocycles. The summed E-state index contributed by atoms with van der Waals surface area (Å²) in [5.41, 5.74) is 0.0213. The number of amides is 1. The Hall–Kier alpha value is -0.880. The van der Waals surface area contributed by atoms with E-state index in [1.807, 2.05) is 0 Å². The SMILES string of the molecule is O=C(O)N1CCC2(CC(N3CCC([C@@]4(CF)CCCN4)CC3)C2)C1. The van der Waals surface area contributed by atoms with Crippen LogP contribution in [0.3, 0.4) is 0 Å². The quantitative estimate of drug-likeness (QED) is 0.829. The average Bonchev–Trinajstić information content (AvgIpc) is 3.22. The van der Waals surface area contributed by atoms with Crippen LogP contribution in [0.2, 0.25) is 0 Å². The Balaban J connectivity index is 1.27. The van der Waals surface area contributed by atoms with Gasteiger partial charge in [0.05, 0.1) is 0 Å². The fourth-order valence-corrected chi connectivity index (χ4v) is 5.85. The van der Waals surface area contributed by atoms with Crippen molar-refractivity contribution in [2.75, 3.05) is 39.4 Å². The minimum Gasteiger partial charge on any atom is -0.465 e. The molecule has 2 N–H and O–H groups in total. The molecule has 1 spiro atoms. The number of hydrogen-bond acceptors (Lipinski definition) is 3. The van der Waals surface area contributed by atoms with E-state index in [4.69, 9.17) is 5.11 Å². The first-order chi connectivity index (χ1) is 11.6. The number of carboxylic acid groups (broad SMARTS) is 1. The van der Waals surface area contributed by atoms with Crippen LogP contribution < -0.4 is 5.32 Å². The summed E-state index contributed by atoms with van der Waals surface area (Å²) in [5.74, 6) is 0.476. The van der Waals surface area contributed by atoms with E-state index < -0.39 is 6.09 Å². The number of nitrogens with one attached hydrogen (secondary N) is 1. The van der Waals surface area contributed by atoms with E-state index in [1.54, 1.807) is 4.90 Å². The summed E-state index contributed by atoms with van der Waals surface area (Å²) in [7, 11) is 0. The van der Waals surface area contributed by atoms with Crippen LogP contribution in [0.5, 0.6) is 0 Å². The van der Waals surface area contributed by atoms with Gasteiger partial charge in [-0.25, -0.2) is 9.18 Å². The van der Waals surface area contributed by atoms with Crippen LogP contribution in [0.25, 0.3) is 0 Å². The van der Waals surface area contributed by atoms with E-state index >= 15 is 0 Å². The first-order valence-corrected chi connectivity index (χ1v) is 9.59. The van der Waals surface area contributed by atoms with Gasteiger partial charge in [0.25, 0.3) is 0 Å². The van der Waals surface area contributed by atoms with Crippen molar-refractivity contribution in [3.8, 4) is 0 Å². The number of rotatable bonds is 3. The molecule has 1 aliphatic carbocycles. The van der Waals surface area contributed by atoms with Gasteiger partial charge in [0.2, 0.25) is 0 Å². The topological polar surface area (TPSA) is 55.8 Å². The summed E-state index contributed by atoms with van der Waals surface area (Å²) < 4.78 is 13.6. The molecule has 1 amide bonds. The smallest absolute Gasteiger partial charge is 0.407 e. The molecule has 1 atom stereocenters. The number of alkyl halides is 1. The first-order valence-electron chi connectivity index (χ1n) is 9.59. The number of hydrogen-bond donors (Lipinski definition) is 2. The molecule has 0 aromatic heterocycles. The molecule has 4 fully saturated rings. The third kappa shape index (κ3) is 2.71. The van der Waals surface area contributed by atoms with Gasteiger partial charge in [0.15, 0.2) is 0 Å². The number of carbonyl (C=O) groups is 1. The van der Waals surface area contributed by atoms with Gasteiger partial charge in [0.1, 0.15) is 6.67 Å². The molecule has 0 bridgehead atoms. The fraction of sp³-hybridized carbons (Fsp3) is 0.944. The molecule has 0 aromatic rings. The van der Waals surface area contributed by atoms with E-state index in [2.05, 4.69) is 10.2 Å². The molecule has 4 rings (SSSR count). The van der Waals surface area contributed by atoms with Crippen molar-refractivity contribution >= 4 is 6.09 Å². The first kappa shape index (κ1) is 16.6. The van der Waals surface area contributed by atoms with Gasteiger partial charge < -0.3 is 20.2 Å². The highest BCUT2D eigenvalue weighted by atomic mass is 19.1. The number of halogens is 1. The number of piperidine rings is 1. The molecule has 24 heavy (non-hydrogen) atoms. The van der Waals surface area contributed by atoms with Crippen LogP contribution >= 0.6 is 0 Å². The standard InChI is InChI=1S/C18H30FN3O2/c19-12-18(4-1-6-20-18)14-2-7-21(8-3-14)15-10-17(11-15)5-9-22(13-17)16(23)24/h14-15,20H,1-13H2,(H,23,24)/t15?,17?,18-/m0/s1. The summed E-state index contributed by atoms with van der Waals surface area (Å²) in [5, 5.41) is 12.6. The van der Waals surface area contributed by atoms with Gasteiger partial charge >= 0.3 is 6.09 Å². The summed E-state index contributed by atoms with van der Waals surface area (Å²) in [6.45, 7) is 4.33. The van der Waals surface area contributed by atoms with Crippen LogP contribution in [0.1, 0.15) is 44.9 Å². The van der Waals surface area contributed by atoms with Crippen molar-refractivity contribution in [3.05, 3.63) is 0 Å². The van der Waals surface area contributed by atoms with Gasteiger partial charge in [-0.1, -0.05) is 0 Å². The molecule has 6 heteroatoms. The molecule has 0 unspecified atom stereocenters. The van der Waals surface area contributed by atoms with Crippen LogP contribution in [0.4, 0.5) is 9.18 Å². The van der Waals surface area contributed by atoms with Crippen LogP contribution in [0.15, 0.2) is 0 Å². The molecule has 136 valence electrons. The normalized spacial score (nSPS) is 41.0. The summed E-state index contributed by atoms with van der Waals surface area (Å²) in [6.07, 6.45) is 6.85. The van der Waals surface area contributed by atoms with Gasteiger partial charge in [0, 0.05) is 24.7 Å². The zero-order valence-electron chi connectivity index (χ0n) is 14.5. The number of nitrogens with zero attached hydrogens (tertiary/aromatic N) is 2. The minimum atomic E-state index is -0.767. The van der Waals surface area contributed by atoms with Gasteiger partial charge in [-0.05, 0) is 75.9 Å². The third-order valence-electron chi connectivity index (χ3n) is 7.39. The van der Waals surface area contributed by atoms with Crippen LogP contribution in [-0.4, -0.2) is 72.0 Å². The second kappa shape index (κ2) is 6.13. The van der Waals surface area contributed by atoms with Gasteiger partial charge in [-0.15, -0.1) is 0 Å². The Morgan fingerprint density at radius 1 is 1.21 bits per heavy atom. The lowest BCUT2D eigenvalue weighted by Gasteiger charge is -2.52. The molecule has 5 nitrogen and oxygen atoms in total. The highest BCUT2D eigenvalue weighted by molar-refractivity contribution is 5.65. The minimum absolute atomic E-state index is 0.227. The zero-order chi connectivity index (χ0) is 16.8. The highest BCUT2D eigenvalue weighted by Gasteiger charge is 2.52. The Labute approximate surface area is 143 Å². The van der Waals surface area contributed by atoms with Crippen molar-refractivity contribution < 1.29 is 14.3 Å². The second-order valence-corrected chi connectivity index (χ2v) is 8.65. The maximum Gasteiger partial charge on any atom is 0.407 e. The van der Waals surface area contributed by atoms with Gasteiger partial charge in [-0.2, -0.15) is 0 Å².